The summed E-state index contributed by atoms with van der Waals surface area (Å²) < 4.78 is 2.10. The van der Waals surface area contributed by atoms with Gasteiger partial charge >= 0.3 is 0 Å². The Hall–Kier alpha value is -0.250. The summed E-state index contributed by atoms with van der Waals surface area (Å²) in [5, 5.41) is 16.5. The molecule has 15 heavy (non-hydrogen) atoms. The summed E-state index contributed by atoms with van der Waals surface area (Å²) in [6.07, 6.45) is 2.72. The van der Waals surface area contributed by atoms with Gasteiger partial charge in [-0.25, -0.2) is 0 Å². The summed E-state index contributed by atoms with van der Waals surface area (Å²) >= 11 is 5.13. The van der Waals surface area contributed by atoms with Crippen molar-refractivity contribution in [3.8, 4) is 6.07 Å². The Morgan fingerprint density at radius 1 is 1.27 bits per heavy atom. The molecule has 0 saturated carbocycles. The molecule has 1 aromatic heterocycles. The minimum absolute atomic E-state index is 0.660. The van der Waals surface area contributed by atoms with Crippen LogP contribution in [0.4, 0.5) is 0 Å². The Labute approximate surface area is 103 Å². The predicted molar refractivity (Wildman–Crippen MR) is 66.5 cm³/mol. The van der Waals surface area contributed by atoms with Crippen LogP contribution in [-0.4, -0.2) is 21.7 Å². The van der Waals surface area contributed by atoms with E-state index >= 15 is 0 Å². The lowest BCUT2D eigenvalue weighted by molar-refractivity contribution is 0.829. The molecule has 0 aliphatic heterocycles. The Bertz CT molecular complexity index is 319. The maximum absolute atomic E-state index is 8.37. The minimum atomic E-state index is 0.660. The van der Waals surface area contributed by atoms with E-state index in [4.69, 9.17) is 5.26 Å². The van der Waals surface area contributed by atoms with Gasteiger partial charge in [-0.1, -0.05) is 41.8 Å². The molecule has 0 amide bonds. The van der Waals surface area contributed by atoms with Gasteiger partial charge in [0.1, 0.15) is 0 Å². The lowest BCUT2D eigenvalue weighted by atomic mass is 10.3. The van der Waals surface area contributed by atoms with E-state index in [0.717, 1.165) is 33.0 Å². The Morgan fingerprint density at radius 2 is 2.00 bits per heavy atom. The van der Waals surface area contributed by atoms with E-state index in [-0.39, 0.29) is 0 Å². The first-order valence-electron chi connectivity index (χ1n) is 4.83. The molecule has 0 N–H and O–H groups in total. The lowest BCUT2D eigenvalue weighted by Crippen LogP contribution is -1.79. The standard InChI is InChI=1S/C9H13N3S3/c1-2-13-8-11-12-9(15-8)14-7-5-3-4-6-10/h2-5,7H2,1H3. The van der Waals surface area contributed by atoms with E-state index in [0.29, 0.717) is 6.42 Å². The van der Waals surface area contributed by atoms with Crippen LogP contribution in [-0.2, 0) is 0 Å². The summed E-state index contributed by atoms with van der Waals surface area (Å²) in [4.78, 5) is 0. The molecule has 0 bridgehead atoms. The van der Waals surface area contributed by atoms with Gasteiger partial charge in [0.2, 0.25) is 0 Å². The zero-order valence-corrected chi connectivity index (χ0v) is 11.1. The first kappa shape index (κ1) is 12.8. The number of hydrogen-bond acceptors (Lipinski definition) is 6. The number of rotatable bonds is 7. The Balaban J connectivity index is 2.17. The molecular weight excluding hydrogens is 246 g/mol. The average molecular weight is 259 g/mol. The molecule has 0 aliphatic rings. The van der Waals surface area contributed by atoms with Gasteiger partial charge in [0.05, 0.1) is 6.07 Å². The zero-order valence-electron chi connectivity index (χ0n) is 8.60. The van der Waals surface area contributed by atoms with Crippen molar-refractivity contribution >= 4 is 34.9 Å². The maximum Gasteiger partial charge on any atom is 0.175 e. The second-order valence-corrected chi connectivity index (χ2v) is 6.56. The van der Waals surface area contributed by atoms with E-state index in [2.05, 4.69) is 23.2 Å². The van der Waals surface area contributed by atoms with Gasteiger partial charge in [-0.3, -0.25) is 0 Å². The van der Waals surface area contributed by atoms with E-state index in [1.165, 1.54) is 0 Å². The van der Waals surface area contributed by atoms with Crippen LogP contribution in [0.15, 0.2) is 8.68 Å². The topological polar surface area (TPSA) is 49.6 Å². The molecule has 0 unspecified atom stereocenters. The molecule has 0 radical (unpaired) electrons. The highest BCUT2D eigenvalue weighted by atomic mass is 32.2. The number of nitriles is 1. The fourth-order valence-corrected chi connectivity index (χ4v) is 3.89. The van der Waals surface area contributed by atoms with Gasteiger partial charge in [-0.2, -0.15) is 5.26 Å². The summed E-state index contributed by atoms with van der Waals surface area (Å²) in [5.41, 5.74) is 0. The fraction of sp³-hybridized carbons (Fsp3) is 0.667. The largest absolute Gasteiger partial charge is 0.198 e. The van der Waals surface area contributed by atoms with Gasteiger partial charge in [0, 0.05) is 12.2 Å². The number of unbranched alkanes of at least 4 members (excludes halogenated alkanes) is 2. The number of aromatic nitrogens is 2. The van der Waals surface area contributed by atoms with Crippen LogP contribution in [0.2, 0.25) is 0 Å². The predicted octanol–water partition coefficient (Wildman–Crippen LogP) is 3.44. The number of nitrogens with zero attached hydrogens (tertiary/aromatic N) is 3. The smallest absolute Gasteiger partial charge is 0.175 e. The third-order valence-corrected chi connectivity index (χ3v) is 4.72. The van der Waals surface area contributed by atoms with E-state index in [1.54, 1.807) is 34.9 Å². The van der Waals surface area contributed by atoms with Crippen molar-refractivity contribution in [2.75, 3.05) is 11.5 Å². The molecule has 0 spiro atoms. The van der Waals surface area contributed by atoms with Gasteiger partial charge in [0.25, 0.3) is 0 Å². The first-order chi connectivity index (χ1) is 7.36. The number of hydrogen-bond donors (Lipinski definition) is 0. The van der Waals surface area contributed by atoms with Crippen LogP contribution in [0.1, 0.15) is 26.2 Å². The SMILES string of the molecule is CCSc1nnc(SCCCCC#N)s1. The molecule has 0 aliphatic carbocycles. The van der Waals surface area contributed by atoms with Gasteiger partial charge in [-0.15, -0.1) is 10.2 Å². The molecule has 82 valence electrons. The third kappa shape index (κ3) is 5.40. The van der Waals surface area contributed by atoms with Gasteiger partial charge < -0.3 is 0 Å². The minimum Gasteiger partial charge on any atom is -0.198 e. The summed E-state index contributed by atoms with van der Waals surface area (Å²) in [5.74, 6) is 2.08. The summed E-state index contributed by atoms with van der Waals surface area (Å²) in [7, 11) is 0. The van der Waals surface area contributed by atoms with E-state index < -0.39 is 0 Å². The normalized spacial score (nSPS) is 10.1. The van der Waals surface area contributed by atoms with Crippen LogP contribution in [0, 0.1) is 11.3 Å². The van der Waals surface area contributed by atoms with Crippen LogP contribution in [0.3, 0.4) is 0 Å². The van der Waals surface area contributed by atoms with Crippen molar-refractivity contribution in [1.82, 2.24) is 10.2 Å². The van der Waals surface area contributed by atoms with Crippen molar-refractivity contribution in [3.63, 3.8) is 0 Å². The molecule has 0 aromatic carbocycles. The van der Waals surface area contributed by atoms with Crippen molar-refractivity contribution in [2.24, 2.45) is 0 Å². The van der Waals surface area contributed by atoms with E-state index in [9.17, 15) is 0 Å². The van der Waals surface area contributed by atoms with Crippen LogP contribution in [0.5, 0.6) is 0 Å². The second kappa shape index (κ2) is 7.97. The molecule has 0 atom stereocenters. The lowest BCUT2D eigenvalue weighted by Gasteiger charge is -1.93. The second-order valence-electron chi connectivity index (χ2n) is 2.73. The van der Waals surface area contributed by atoms with Crippen molar-refractivity contribution in [2.45, 2.75) is 34.9 Å². The highest BCUT2D eigenvalue weighted by Gasteiger charge is 2.03. The van der Waals surface area contributed by atoms with Gasteiger partial charge in [0.15, 0.2) is 8.68 Å². The van der Waals surface area contributed by atoms with Crippen LogP contribution in [0.25, 0.3) is 0 Å². The van der Waals surface area contributed by atoms with E-state index in [1.807, 2.05) is 0 Å². The highest BCUT2D eigenvalue weighted by Crippen LogP contribution is 2.28. The Kier molecular flexibility index (Phi) is 6.81. The molecule has 6 heteroatoms. The Morgan fingerprint density at radius 3 is 2.67 bits per heavy atom. The molecular formula is C9H13N3S3. The van der Waals surface area contributed by atoms with Crippen molar-refractivity contribution < 1.29 is 0 Å². The monoisotopic (exact) mass is 259 g/mol. The molecule has 0 fully saturated rings. The molecule has 1 aromatic rings. The highest BCUT2D eigenvalue weighted by molar-refractivity contribution is 8.03. The summed E-state index contributed by atoms with van der Waals surface area (Å²) in [6.45, 7) is 2.11. The summed E-state index contributed by atoms with van der Waals surface area (Å²) in [6, 6.07) is 2.15. The fourth-order valence-electron chi connectivity index (χ4n) is 0.903. The zero-order chi connectivity index (χ0) is 10.9. The van der Waals surface area contributed by atoms with Crippen LogP contribution < -0.4 is 0 Å². The van der Waals surface area contributed by atoms with Crippen molar-refractivity contribution in [1.29, 1.82) is 5.26 Å². The molecule has 1 heterocycles. The van der Waals surface area contributed by atoms with Gasteiger partial charge in [-0.05, 0) is 18.6 Å². The quantitative estimate of drug-likeness (QED) is 0.554. The number of thioether (sulfide) groups is 2. The molecule has 3 nitrogen and oxygen atoms in total. The third-order valence-electron chi connectivity index (χ3n) is 1.56. The maximum atomic E-state index is 8.37. The molecule has 0 saturated heterocycles. The first-order valence-corrected chi connectivity index (χ1v) is 7.61. The van der Waals surface area contributed by atoms with Crippen molar-refractivity contribution in [3.05, 3.63) is 0 Å². The average Bonchev–Trinajstić information content (AvgIpc) is 2.66. The van der Waals surface area contributed by atoms with Crippen LogP contribution >= 0.6 is 34.9 Å². The molecule has 1 rings (SSSR count).